The van der Waals surface area contributed by atoms with Crippen molar-refractivity contribution in [1.29, 1.82) is 0 Å². The Labute approximate surface area is 129 Å². The molecule has 5 nitrogen and oxygen atoms in total. The van der Waals surface area contributed by atoms with Crippen LogP contribution in [-0.2, 0) is 15.8 Å². The molecule has 1 heterocycles. The van der Waals surface area contributed by atoms with E-state index in [-0.39, 0.29) is 16.1 Å². The number of carboxylic acid groups (broad SMARTS) is 1. The van der Waals surface area contributed by atoms with E-state index in [9.17, 15) is 13.2 Å². The molecule has 0 spiro atoms. The SMILES string of the molecule is CC1(C)CN(S(=O)(=O)Cc2ccc(C(=O)O)cc2)CCS1. The average Bonchev–Trinajstić information content (AvgIpc) is 2.37. The lowest BCUT2D eigenvalue weighted by atomic mass is 10.1. The van der Waals surface area contributed by atoms with Crippen molar-refractivity contribution in [3.05, 3.63) is 35.4 Å². The van der Waals surface area contributed by atoms with Gasteiger partial charge in [0.25, 0.3) is 0 Å². The number of nitrogens with zero attached hydrogens (tertiary/aromatic N) is 1. The monoisotopic (exact) mass is 329 g/mol. The van der Waals surface area contributed by atoms with Gasteiger partial charge in [-0.3, -0.25) is 0 Å². The van der Waals surface area contributed by atoms with E-state index in [4.69, 9.17) is 5.11 Å². The van der Waals surface area contributed by atoms with Gasteiger partial charge in [-0.05, 0) is 31.5 Å². The van der Waals surface area contributed by atoms with Crippen molar-refractivity contribution < 1.29 is 18.3 Å². The van der Waals surface area contributed by atoms with Gasteiger partial charge in [0.15, 0.2) is 0 Å². The number of rotatable bonds is 4. The molecule has 1 aromatic carbocycles. The number of hydrogen-bond acceptors (Lipinski definition) is 4. The van der Waals surface area contributed by atoms with Gasteiger partial charge < -0.3 is 5.11 Å². The third-order valence-electron chi connectivity index (χ3n) is 3.33. The predicted molar refractivity (Wildman–Crippen MR) is 84.1 cm³/mol. The van der Waals surface area contributed by atoms with E-state index in [1.54, 1.807) is 23.9 Å². The summed E-state index contributed by atoms with van der Waals surface area (Å²) in [6.45, 7) is 5.12. The molecule has 0 radical (unpaired) electrons. The Morgan fingerprint density at radius 3 is 2.48 bits per heavy atom. The van der Waals surface area contributed by atoms with Gasteiger partial charge in [-0.2, -0.15) is 16.1 Å². The quantitative estimate of drug-likeness (QED) is 0.915. The second-order valence-corrected chi connectivity index (χ2v) is 9.47. The van der Waals surface area contributed by atoms with Gasteiger partial charge in [-0.1, -0.05) is 12.1 Å². The summed E-state index contributed by atoms with van der Waals surface area (Å²) < 4.78 is 26.4. The van der Waals surface area contributed by atoms with Crippen molar-refractivity contribution in [3.8, 4) is 0 Å². The molecule has 0 saturated carbocycles. The predicted octanol–water partition coefficient (Wildman–Crippen LogP) is 2.04. The maximum atomic E-state index is 12.5. The maximum absolute atomic E-state index is 12.5. The molecule has 1 N–H and O–H groups in total. The lowest BCUT2D eigenvalue weighted by molar-refractivity contribution is 0.0697. The topological polar surface area (TPSA) is 74.7 Å². The Bertz CT molecular complexity index is 623. The van der Waals surface area contributed by atoms with Crippen molar-refractivity contribution in [2.24, 2.45) is 0 Å². The first kappa shape index (κ1) is 16.3. The van der Waals surface area contributed by atoms with E-state index >= 15 is 0 Å². The molecule has 0 aliphatic carbocycles. The first-order valence-electron chi connectivity index (χ1n) is 6.64. The minimum Gasteiger partial charge on any atom is -0.478 e. The number of benzene rings is 1. The van der Waals surface area contributed by atoms with E-state index in [0.29, 0.717) is 18.7 Å². The van der Waals surface area contributed by atoms with Crippen molar-refractivity contribution >= 4 is 27.8 Å². The van der Waals surface area contributed by atoms with Crippen LogP contribution >= 0.6 is 11.8 Å². The van der Waals surface area contributed by atoms with Gasteiger partial charge in [-0.15, -0.1) is 0 Å². The van der Waals surface area contributed by atoms with Gasteiger partial charge in [0, 0.05) is 23.6 Å². The molecule has 0 unspecified atom stereocenters. The highest BCUT2D eigenvalue weighted by Crippen LogP contribution is 2.31. The Morgan fingerprint density at radius 2 is 1.95 bits per heavy atom. The highest BCUT2D eigenvalue weighted by Gasteiger charge is 2.33. The highest BCUT2D eigenvalue weighted by atomic mass is 32.2. The fourth-order valence-electron chi connectivity index (χ4n) is 2.26. The fourth-order valence-corrected chi connectivity index (χ4v) is 5.25. The zero-order chi connectivity index (χ0) is 15.7. The zero-order valence-electron chi connectivity index (χ0n) is 12.1. The van der Waals surface area contributed by atoms with Crippen LogP contribution in [0.5, 0.6) is 0 Å². The molecule has 21 heavy (non-hydrogen) atoms. The third kappa shape index (κ3) is 4.21. The summed E-state index contributed by atoms with van der Waals surface area (Å²) in [7, 11) is -3.37. The summed E-state index contributed by atoms with van der Waals surface area (Å²) in [5, 5.41) is 8.84. The molecule has 0 aromatic heterocycles. The number of hydrogen-bond donors (Lipinski definition) is 1. The van der Waals surface area contributed by atoms with E-state index in [0.717, 1.165) is 5.75 Å². The molecule has 1 aliphatic heterocycles. The first-order chi connectivity index (χ1) is 9.70. The normalized spacial score (nSPS) is 19.3. The number of aromatic carboxylic acids is 1. The van der Waals surface area contributed by atoms with E-state index < -0.39 is 16.0 Å². The van der Waals surface area contributed by atoms with Crippen LogP contribution in [0.3, 0.4) is 0 Å². The molecular formula is C14H19NO4S2. The summed E-state index contributed by atoms with van der Waals surface area (Å²) in [6.07, 6.45) is 0. The molecule has 0 bridgehead atoms. The van der Waals surface area contributed by atoms with Crippen molar-refractivity contribution in [3.63, 3.8) is 0 Å². The van der Waals surface area contributed by atoms with Crippen LogP contribution in [0.1, 0.15) is 29.8 Å². The fraction of sp³-hybridized carbons (Fsp3) is 0.500. The standard InChI is InChI=1S/C14H19NO4S2/c1-14(2)10-15(7-8-20-14)21(18,19)9-11-3-5-12(6-4-11)13(16)17/h3-6H,7-10H2,1-2H3,(H,16,17). The molecule has 1 aliphatic rings. The number of carbonyl (C=O) groups is 1. The van der Waals surface area contributed by atoms with Crippen molar-refractivity contribution in [2.45, 2.75) is 24.3 Å². The van der Waals surface area contributed by atoms with Crippen molar-refractivity contribution in [1.82, 2.24) is 4.31 Å². The smallest absolute Gasteiger partial charge is 0.335 e. The molecule has 0 amide bonds. The summed E-state index contributed by atoms with van der Waals surface area (Å²) in [6, 6.07) is 5.99. The minimum absolute atomic E-state index is 0.0709. The number of thioether (sulfide) groups is 1. The maximum Gasteiger partial charge on any atom is 0.335 e. The van der Waals surface area contributed by atoms with Gasteiger partial charge in [0.05, 0.1) is 11.3 Å². The highest BCUT2D eigenvalue weighted by molar-refractivity contribution is 8.00. The Kier molecular flexibility index (Phi) is 4.65. The summed E-state index contributed by atoms with van der Waals surface area (Å²) >= 11 is 1.78. The first-order valence-corrected chi connectivity index (χ1v) is 9.23. The minimum atomic E-state index is -3.37. The van der Waals surface area contributed by atoms with Crippen LogP contribution in [0.2, 0.25) is 0 Å². The van der Waals surface area contributed by atoms with E-state index in [1.165, 1.54) is 16.4 Å². The Hall–Kier alpha value is -1.05. The Morgan fingerprint density at radius 1 is 1.33 bits per heavy atom. The molecule has 1 aromatic rings. The van der Waals surface area contributed by atoms with Gasteiger partial charge in [0.2, 0.25) is 10.0 Å². The zero-order valence-corrected chi connectivity index (χ0v) is 13.7. The van der Waals surface area contributed by atoms with Crippen LogP contribution in [0.4, 0.5) is 0 Å². The number of sulfonamides is 1. The van der Waals surface area contributed by atoms with Crippen LogP contribution in [0, 0.1) is 0 Å². The average molecular weight is 329 g/mol. The van der Waals surface area contributed by atoms with Crippen LogP contribution in [0.25, 0.3) is 0 Å². The van der Waals surface area contributed by atoms with E-state index in [2.05, 4.69) is 0 Å². The summed E-state index contributed by atoms with van der Waals surface area (Å²) in [5.74, 6) is -0.308. The largest absolute Gasteiger partial charge is 0.478 e. The molecule has 116 valence electrons. The second-order valence-electron chi connectivity index (χ2n) is 5.70. The summed E-state index contributed by atoms with van der Waals surface area (Å²) in [4.78, 5) is 10.8. The Balaban J connectivity index is 2.12. The van der Waals surface area contributed by atoms with Gasteiger partial charge >= 0.3 is 5.97 Å². The molecule has 7 heteroatoms. The molecular weight excluding hydrogens is 310 g/mol. The molecule has 0 atom stereocenters. The summed E-state index contributed by atoms with van der Waals surface area (Å²) in [5.41, 5.74) is 0.766. The second kappa shape index (κ2) is 5.98. The molecule has 2 rings (SSSR count). The third-order valence-corrected chi connectivity index (χ3v) is 6.43. The van der Waals surface area contributed by atoms with Crippen molar-refractivity contribution in [2.75, 3.05) is 18.8 Å². The van der Waals surface area contributed by atoms with Crippen LogP contribution in [-0.4, -0.2) is 47.4 Å². The lowest BCUT2D eigenvalue weighted by Gasteiger charge is -2.36. The van der Waals surface area contributed by atoms with Gasteiger partial charge in [-0.25, -0.2) is 13.2 Å². The van der Waals surface area contributed by atoms with Gasteiger partial charge in [0.1, 0.15) is 0 Å². The van der Waals surface area contributed by atoms with Crippen LogP contribution < -0.4 is 0 Å². The van der Waals surface area contributed by atoms with Crippen LogP contribution in [0.15, 0.2) is 24.3 Å². The lowest BCUT2D eigenvalue weighted by Crippen LogP contribution is -2.46. The molecule has 1 fully saturated rings. The van der Waals surface area contributed by atoms with E-state index in [1.807, 2.05) is 13.8 Å². The number of carboxylic acids is 1. The molecule has 1 saturated heterocycles.